The molecule has 12 heteroatoms. The minimum Gasteiger partial charge on any atom is -0.493 e. The van der Waals surface area contributed by atoms with Crippen LogP contribution >= 0.6 is 71.0 Å². The van der Waals surface area contributed by atoms with E-state index in [0.717, 1.165) is 19.9 Å². The fraction of sp³-hybridized carbons (Fsp3) is 0.0645. The fourth-order valence-electron chi connectivity index (χ4n) is 4.41. The van der Waals surface area contributed by atoms with Gasteiger partial charge in [0.25, 0.3) is 5.56 Å². The van der Waals surface area contributed by atoms with Gasteiger partial charge in [-0.05, 0) is 70.5 Å². The van der Waals surface area contributed by atoms with E-state index in [0.29, 0.717) is 48.8 Å². The molecule has 0 amide bonds. The smallest absolute Gasteiger partial charge is 0.282 e. The number of furan rings is 1. The largest absolute Gasteiger partial charge is 0.493 e. The summed E-state index contributed by atoms with van der Waals surface area (Å²) in [7, 11) is 1.52. The SMILES string of the molecule is COc1cc(C=Nn2c(-c3cc4cc(Cl)ccc4o3)nc3ccccc3c2=O)c(Br)c(Cl)c1OCc1ccc(Br)cc1Br. The number of hydrogen-bond donors (Lipinski definition) is 0. The lowest BCUT2D eigenvalue weighted by molar-refractivity contribution is 0.284. The predicted octanol–water partition coefficient (Wildman–Crippen LogP) is 9.87. The van der Waals surface area contributed by atoms with Gasteiger partial charge in [-0.15, -0.1) is 0 Å². The molecule has 2 heterocycles. The Morgan fingerprint density at radius 1 is 1.02 bits per heavy atom. The topological polar surface area (TPSA) is 78.9 Å². The molecule has 6 rings (SSSR count). The Morgan fingerprint density at radius 3 is 2.63 bits per heavy atom. The summed E-state index contributed by atoms with van der Waals surface area (Å²) in [6, 6.07) is 21.6. The Kier molecular flexibility index (Phi) is 8.66. The average Bonchev–Trinajstić information content (AvgIpc) is 3.42. The summed E-state index contributed by atoms with van der Waals surface area (Å²) in [6.45, 7) is 0.244. The molecule has 6 aromatic rings. The van der Waals surface area contributed by atoms with Crippen molar-refractivity contribution < 1.29 is 13.9 Å². The van der Waals surface area contributed by atoms with Crippen molar-refractivity contribution in [3.63, 3.8) is 0 Å². The number of benzene rings is 4. The number of nitrogens with zero attached hydrogens (tertiary/aromatic N) is 3. The molecule has 2 aromatic heterocycles. The summed E-state index contributed by atoms with van der Waals surface area (Å²) < 4.78 is 21.3. The molecule has 0 atom stereocenters. The molecule has 0 fully saturated rings. The van der Waals surface area contributed by atoms with Crippen LogP contribution in [-0.2, 0) is 6.61 Å². The standard InChI is InChI=1S/C31H18Br3Cl2N3O4/c1-41-25-12-18(27(34)28(36)29(25)42-15-16-6-7-19(32)13-22(16)33)14-37-39-30(38-23-5-3-2-4-21(23)31(39)40)26-11-17-10-20(35)8-9-24(17)43-26/h2-14H,15H2,1H3. The molecule has 0 aliphatic rings. The number of hydrogen-bond acceptors (Lipinski definition) is 6. The zero-order valence-corrected chi connectivity index (χ0v) is 28.3. The van der Waals surface area contributed by atoms with Gasteiger partial charge in [-0.2, -0.15) is 9.78 Å². The monoisotopic (exact) mass is 803 g/mol. The molecule has 216 valence electrons. The molecule has 0 aliphatic heterocycles. The van der Waals surface area contributed by atoms with E-state index in [2.05, 4.69) is 52.9 Å². The Morgan fingerprint density at radius 2 is 1.84 bits per heavy atom. The van der Waals surface area contributed by atoms with Crippen molar-refractivity contribution in [3.05, 3.63) is 118 Å². The molecule has 4 aromatic carbocycles. The van der Waals surface area contributed by atoms with Crippen molar-refractivity contribution in [3.8, 4) is 23.1 Å². The number of halogens is 5. The van der Waals surface area contributed by atoms with Gasteiger partial charge in [0.05, 0.1) is 24.2 Å². The third-order valence-corrected chi connectivity index (χ3v) is 9.44. The second-order valence-corrected chi connectivity index (χ2v) is 12.6. The van der Waals surface area contributed by atoms with E-state index in [4.69, 9.17) is 42.1 Å². The lowest BCUT2D eigenvalue weighted by Gasteiger charge is -2.16. The Labute approximate surface area is 280 Å². The van der Waals surface area contributed by atoms with Crippen LogP contribution in [-0.4, -0.2) is 23.0 Å². The van der Waals surface area contributed by atoms with Crippen LogP contribution in [0.25, 0.3) is 33.5 Å². The number of para-hydroxylation sites is 1. The summed E-state index contributed by atoms with van der Waals surface area (Å²) in [5, 5.41) is 6.57. The van der Waals surface area contributed by atoms with Crippen LogP contribution in [0, 0.1) is 0 Å². The van der Waals surface area contributed by atoms with Gasteiger partial charge >= 0.3 is 0 Å². The molecule has 0 bridgehead atoms. The van der Waals surface area contributed by atoms with Gasteiger partial charge in [0.2, 0.25) is 5.82 Å². The predicted molar refractivity (Wildman–Crippen MR) is 181 cm³/mol. The van der Waals surface area contributed by atoms with Crippen LogP contribution in [0.15, 0.2) is 101 Å². The Balaban J connectivity index is 1.42. The van der Waals surface area contributed by atoms with Crippen molar-refractivity contribution in [1.29, 1.82) is 0 Å². The maximum atomic E-state index is 13.7. The molecule has 7 nitrogen and oxygen atoms in total. The van der Waals surface area contributed by atoms with E-state index in [1.165, 1.54) is 18.0 Å². The highest BCUT2D eigenvalue weighted by atomic mass is 79.9. The van der Waals surface area contributed by atoms with Gasteiger partial charge in [-0.25, -0.2) is 4.98 Å². The van der Waals surface area contributed by atoms with Crippen LogP contribution in [0.3, 0.4) is 0 Å². The average molecular weight is 807 g/mol. The summed E-state index contributed by atoms with van der Waals surface area (Å²) in [5.41, 5.74) is 2.21. The van der Waals surface area contributed by atoms with Gasteiger partial charge in [-0.1, -0.05) is 73.3 Å². The lowest BCUT2D eigenvalue weighted by Crippen LogP contribution is -2.20. The number of methoxy groups -OCH3 is 1. The second-order valence-electron chi connectivity index (χ2n) is 9.26. The van der Waals surface area contributed by atoms with E-state index in [-0.39, 0.29) is 23.0 Å². The molecule has 0 saturated heterocycles. The van der Waals surface area contributed by atoms with Crippen molar-refractivity contribution in [2.24, 2.45) is 5.10 Å². The van der Waals surface area contributed by atoms with Crippen molar-refractivity contribution in [1.82, 2.24) is 9.66 Å². The van der Waals surface area contributed by atoms with E-state index >= 15 is 0 Å². The molecule has 0 aliphatic carbocycles. The number of aromatic nitrogens is 2. The maximum Gasteiger partial charge on any atom is 0.282 e. The highest BCUT2D eigenvalue weighted by Crippen LogP contribution is 2.43. The highest BCUT2D eigenvalue weighted by molar-refractivity contribution is 9.11. The van der Waals surface area contributed by atoms with Gasteiger partial charge < -0.3 is 13.9 Å². The lowest BCUT2D eigenvalue weighted by atomic mass is 10.2. The first-order valence-corrected chi connectivity index (χ1v) is 15.8. The summed E-state index contributed by atoms with van der Waals surface area (Å²) in [6.07, 6.45) is 1.49. The van der Waals surface area contributed by atoms with Gasteiger partial charge in [0.1, 0.15) is 17.2 Å². The van der Waals surface area contributed by atoms with Crippen molar-refractivity contribution in [2.75, 3.05) is 7.11 Å². The molecular weight excluding hydrogens is 789 g/mol. The molecule has 0 spiro atoms. The highest BCUT2D eigenvalue weighted by Gasteiger charge is 2.20. The van der Waals surface area contributed by atoms with E-state index in [1.54, 1.807) is 48.5 Å². The van der Waals surface area contributed by atoms with Crippen LogP contribution in [0.1, 0.15) is 11.1 Å². The minimum atomic E-state index is -0.371. The fourth-order valence-corrected chi connectivity index (χ4v) is 6.40. The van der Waals surface area contributed by atoms with Crippen molar-refractivity contribution >= 4 is 99.1 Å². The van der Waals surface area contributed by atoms with Gasteiger partial charge in [0, 0.05) is 35.0 Å². The Hall–Kier alpha value is -3.15. The number of ether oxygens (including phenoxy) is 2. The second kappa shape index (κ2) is 12.5. The first-order chi connectivity index (χ1) is 20.7. The minimum absolute atomic E-state index is 0.224. The summed E-state index contributed by atoms with van der Waals surface area (Å²) in [5.74, 6) is 1.33. The van der Waals surface area contributed by atoms with Crippen LogP contribution in [0.2, 0.25) is 10.0 Å². The number of fused-ring (bicyclic) bond motifs is 2. The quantitative estimate of drug-likeness (QED) is 0.150. The zero-order chi connectivity index (χ0) is 30.2. The third-order valence-electron chi connectivity index (χ3n) is 6.53. The van der Waals surface area contributed by atoms with Gasteiger partial charge in [0.15, 0.2) is 17.3 Å². The van der Waals surface area contributed by atoms with E-state index in [9.17, 15) is 4.79 Å². The van der Waals surface area contributed by atoms with Crippen LogP contribution in [0.5, 0.6) is 11.5 Å². The normalized spacial score (nSPS) is 11.6. The van der Waals surface area contributed by atoms with Crippen molar-refractivity contribution in [2.45, 2.75) is 6.61 Å². The van der Waals surface area contributed by atoms with Crippen LogP contribution in [0.4, 0.5) is 0 Å². The molecule has 43 heavy (non-hydrogen) atoms. The summed E-state index contributed by atoms with van der Waals surface area (Å²) >= 11 is 23.5. The molecule has 0 unspecified atom stereocenters. The summed E-state index contributed by atoms with van der Waals surface area (Å²) in [4.78, 5) is 18.4. The molecule has 0 radical (unpaired) electrons. The Bertz CT molecular complexity index is 2130. The first-order valence-electron chi connectivity index (χ1n) is 12.6. The molecule has 0 saturated carbocycles. The first kappa shape index (κ1) is 29.9. The zero-order valence-electron chi connectivity index (χ0n) is 22.1. The number of rotatable bonds is 7. The molecular formula is C31H18Br3Cl2N3O4. The van der Waals surface area contributed by atoms with E-state index < -0.39 is 0 Å². The van der Waals surface area contributed by atoms with Gasteiger partial charge in [-0.3, -0.25) is 4.79 Å². The maximum absolute atomic E-state index is 13.7. The van der Waals surface area contributed by atoms with E-state index in [1.807, 2.05) is 24.3 Å². The van der Waals surface area contributed by atoms with Crippen LogP contribution < -0.4 is 15.0 Å². The third kappa shape index (κ3) is 5.99. The molecule has 0 N–H and O–H groups in total.